The van der Waals surface area contributed by atoms with Crippen LogP contribution >= 0.6 is 15.9 Å². The Bertz CT molecular complexity index is 978. The van der Waals surface area contributed by atoms with Gasteiger partial charge < -0.3 is 4.98 Å². The van der Waals surface area contributed by atoms with Crippen molar-refractivity contribution >= 4 is 26.8 Å². The number of hydrogen-bond donors (Lipinski definition) is 1. The van der Waals surface area contributed by atoms with E-state index < -0.39 is 22.9 Å². The number of H-pyrrole nitrogens is 1. The van der Waals surface area contributed by atoms with E-state index in [9.17, 15) is 18.4 Å². The summed E-state index contributed by atoms with van der Waals surface area (Å²) in [5, 5.41) is -0.200. The summed E-state index contributed by atoms with van der Waals surface area (Å²) < 4.78 is 28.7. The molecule has 112 valence electrons. The SMILES string of the molecule is O=c1[nH]c2c(F)cc(F)cc2c(=O)n1Cc1ccc(Br)cc1. The van der Waals surface area contributed by atoms with Gasteiger partial charge in [0.2, 0.25) is 0 Å². The van der Waals surface area contributed by atoms with E-state index in [1.165, 1.54) is 0 Å². The van der Waals surface area contributed by atoms with Crippen LogP contribution in [0.25, 0.3) is 10.9 Å². The molecule has 0 saturated carbocycles. The van der Waals surface area contributed by atoms with Crippen LogP contribution in [0.3, 0.4) is 0 Å². The van der Waals surface area contributed by atoms with Crippen LogP contribution in [0.15, 0.2) is 50.5 Å². The molecular weight excluding hydrogens is 358 g/mol. The molecule has 0 unspecified atom stereocenters. The monoisotopic (exact) mass is 366 g/mol. The highest BCUT2D eigenvalue weighted by Crippen LogP contribution is 2.14. The first-order valence-electron chi connectivity index (χ1n) is 6.32. The molecule has 0 spiro atoms. The largest absolute Gasteiger partial charge is 0.329 e. The molecule has 0 radical (unpaired) electrons. The number of halogens is 3. The van der Waals surface area contributed by atoms with Crippen molar-refractivity contribution in [2.45, 2.75) is 6.54 Å². The van der Waals surface area contributed by atoms with Crippen LogP contribution in [0, 0.1) is 11.6 Å². The quantitative estimate of drug-likeness (QED) is 0.758. The van der Waals surface area contributed by atoms with Gasteiger partial charge in [-0.05, 0) is 23.8 Å². The molecule has 1 N–H and O–H groups in total. The number of aromatic nitrogens is 2. The maximum Gasteiger partial charge on any atom is 0.329 e. The molecule has 22 heavy (non-hydrogen) atoms. The first kappa shape index (κ1) is 14.6. The fraction of sp³-hybridized carbons (Fsp3) is 0.0667. The lowest BCUT2D eigenvalue weighted by atomic mass is 10.2. The Morgan fingerprint density at radius 1 is 1.09 bits per heavy atom. The van der Waals surface area contributed by atoms with Crippen molar-refractivity contribution in [2.24, 2.45) is 0 Å². The second-order valence-corrected chi connectivity index (χ2v) is 5.67. The number of benzene rings is 2. The van der Waals surface area contributed by atoms with Crippen molar-refractivity contribution in [1.82, 2.24) is 9.55 Å². The van der Waals surface area contributed by atoms with Crippen LogP contribution in [0.1, 0.15) is 5.56 Å². The third-order valence-electron chi connectivity index (χ3n) is 3.26. The molecule has 3 aromatic rings. The molecule has 2 aromatic carbocycles. The molecule has 0 aliphatic carbocycles. The summed E-state index contributed by atoms with van der Waals surface area (Å²) in [7, 11) is 0. The van der Waals surface area contributed by atoms with Gasteiger partial charge in [-0.15, -0.1) is 0 Å². The summed E-state index contributed by atoms with van der Waals surface area (Å²) in [5.74, 6) is -1.84. The Labute approximate surface area is 131 Å². The second-order valence-electron chi connectivity index (χ2n) is 4.76. The van der Waals surface area contributed by atoms with Crippen molar-refractivity contribution in [2.75, 3.05) is 0 Å². The summed E-state index contributed by atoms with van der Waals surface area (Å²) in [6.45, 7) is 0.00944. The molecule has 1 aromatic heterocycles. The Morgan fingerprint density at radius 2 is 1.77 bits per heavy atom. The predicted molar refractivity (Wildman–Crippen MR) is 82.0 cm³/mol. The highest BCUT2D eigenvalue weighted by molar-refractivity contribution is 9.10. The van der Waals surface area contributed by atoms with Crippen molar-refractivity contribution < 1.29 is 8.78 Å². The predicted octanol–water partition coefficient (Wildman–Crippen LogP) is 2.78. The summed E-state index contributed by atoms with van der Waals surface area (Å²) in [5.41, 5.74) is -1.05. The van der Waals surface area contributed by atoms with E-state index in [2.05, 4.69) is 20.9 Å². The number of fused-ring (bicyclic) bond motifs is 1. The van der Waals surface area contributed by atoms with Gasteiger partial charge in [0.1, 0.15) is 5.82 Å². The summed E-state index contributed by atoms with van der Waals surface area (Å²) >= 11 is 3.29. The minimum absolute atomic E-state index is 0.00944. The fourth-order valence-electron chi connectivity index (χ4n) is 2.20. The van der Waals surface area contributed by atoms with Gasteiger partial charge in [-0.3, -0.25) is 9.36 Å². The smallest absolute Gasteiger partial charge is 0.304 e. The lowest BCUT2D eigenvalue weighted by molar-refractivity contribution is 0.587. The molecule has 4 nitrogen and oxygen atoms in total. The van der Waals surface area contributed by atoms with Crippen LogP contribution in [-0.2, 0) is 6.54 Å². The van der Waals surface area contributed by atoms with Gasteiger partial charge in [-0.25, -0.2) is 13.6 Å². The molecule has 0 amide bonds. The summed E-state index contributed by atoms with van der Waals surface area (Å²) in [6.07, 6.45) is 0. The maximum absolute atomic E-state index is 13.6. The molecule has 0 saturated heterocycles. The highest BCUT2D eigenvalue weighted by atomic mass is 79.9. The Hall–Kier alpha value is -2.28. The second kappa shape index (κ2) is 5.49. The molecule has 3 rings (SSSR count). The molecule has 1 heterocycles. The average Bonchev–Trinajstić information content (AvgIpc) is 2.47. The first-order valence-corrected chi connectivity index (χ1v) is 7.11. The summed E-state index contributed by atoms with van der Waals surface area (Å²) in [4.78, 5) is 26.6. The van der Waals surface area contributed by atoms with E-state index in [0.717, 1.165) is 15.1 Å². The van der Waals surface area contributed by atoms with Gasteiger partial charge in [0.15, 0.2) is 5.82 Å². The average molecular weight is 367 g/mol. The van der Waals surface area contributed by atoms with Crippen LogP contribution in [0.2, 0.25) is 0 Å². The van der Waals surface area contributed by atoms with Crippen LogP contribution in [0.5, 0.6) is 0 Å². The van der Waals surface area contributed by atoms with E-state index in [1.54, 1.807) is 24.3 Å². The van der Waals surface area contributed by atoms with Gasteiger partial charge in [0, 0.05) is 10.5 Å². The molecule has 0 atom stereocenters. The van der Waals surface area contributed by atoms with E-state index in [4.69, 9.17) is 0 Å². The van der Waals surface area contributed by atoms with E-state index in [1.807, 2.05) is 0 Å². The Balaban J connectivity index is 2.20. The van der Waals surface area contributed by atoms with Gasteiger partial charge in [-0.1, -0.05) is 28.1 Å². The van der Waals surface area contributed by atoms with Crippen molar-refractivity contribution in [3.63, 3.8) is 0 Å². The van der Waals surface area contributed by atoms with Gasteiger partial charge in [-0.2, -0.15) is 0 Å². The van der Waals surface area contributed by atoms with Crippen LogP contribution < -0.4 is 11.2 Å². The molecule has 0 aliphatic rings. The van der Waals surface area contributed by atoms with E-state index >= 15 is 0 Å². The zero-order valence-electron chi connectivity index (χ0n) is 11.1. The number of aromatic amines is 1. The summed E-state index contributed by atoms with van der Waals surface area (Å²) in [6, 6.07) is 8.56. The molecule has 0 aliphatic heterocycles. The third-order valence-corrected chi connectivity index (χ3v) is 3.79. The molecule has 0 bridgehead atoms. The minimum Gasteiger partial charge on any atom is -0.304 e. The number of hydrogen-bond acceptors (Lipinski definition) is 2. The lowest BCUT2D eigenvalue weighted by Gasteiger charge is -2.07. The minimum atomic E-state index is -0.972. The van der Waals surface area contributed by atoms with Gasteiger partial charge >= 0.3 is 5.69 Å². The van der Waals surface area contributed by atoms with E-state index in [-0.39, 0.29) is 17.4 Å². The fourth-order valence-corrected chi connectivity index (χ4v) is 2.46. The van der Waals surface area contributed by atoms with Crippen molar-refractivity contribution in [1.29, 1.82) is 0 Å². The molecule has 0 fully saturated rings. The zero-order chi connectivity index (χ0) is 15.9. The zero-order valence-corrected chi connectivity index (χ0v) is 12.7. The van der Waals surface area contributed by atoms with Crippen LogP contribution in [0.4, 0.5) is 8.78 Å². The van der Waals surface area contributed by atoms with Crippen molar-refractivity contribution in [3.05, 3.63) is 78.9 Å². The van der Waals surface area contributed by atoms with Gasteiger partial charge in [0.25, 0.3) is 5.56 Å². The lowest BCUT2D eigenvalue weighted by Crippen LogP contribution is -2.35. The Kier molecular flexibility index (Phi) is 3.66. The number of nitrogens with one attached hydrogen (secondary N) is 1. The topological polar surface area (TPSA) is 54.9 Å². The normalized spacial score (nSPS) is 11.0. The highest BCUT2D eigenvalue weighted by Gasteiger charge is 2.13. The van der Waals surface area contributed by atoms with Crippen molar-refractivity contribution in [3.8, 4) is 0 Å². The van der Waals surface area contributed by atoms with Crippen LogP contribution in [-0.4, -0.2) is 9.55 Å². The standard InChI is InChI=1S/C15H9BrF2N2O2/c16-9-3-1-8(2-4-9)7-20-14(21)11-5-10(17)6-12(18)13(11)19-15(20)22/h1-6H,7H2,(H,19,22). The number of rotatable bonds is 2. The van der Waals surface area contributed by atoms with Gasteiger partial charge in [0.05, 0.1) is 17.4 Å². The molecular formula is C15H9BrF2N2O2. The Morgan fingerprint density at radius 3 is 2.45 bits per heavy atom. The first-order chi connectivity index (χ1) is 10.5. The van der Waals surface area contributed by atoms with E-state index in [0.29, 0.717) is 11.6 Å². The molecule has 7 heteroatoms. The maximum atomic E-state index is 13.6. The number of nitrogens with zero attached hydrogens (tertiary/aromatic N) is 1. The third kappa shape index (κ3) is 2.59.